The van der Waals surface area contributed by atoms with Gasteiger partial charge >= 0.3 is 0 Å². The molecule has 0 radical (unpaired) electrons. The fourth-order valence-electron chi connectivity index (χ4n) is 3.67. The molecule has 1 amide bonds. The molecule has 3 rings (SSSR count). The molecule has 0 spiro atoms. The highest BCUT2D eigenvalue weighted by atomic mass is 16.5. The van der Waals surface area contributed by atoms with Gasteiger partial charge in [-0.25, -0.2) is 0 Å². The maximum atomic E-state index is 12.9. The summed E-state index contributed by atoms with van der Waals surface area (Å²) in [5.41, 5.74) is 2.45. The lowest BCUT2D eigenvalue weighted by atomic mass is 9.95. The number of likely N-dealkylation sites (tertiary alicyclic amines) is 1. The second kappa shape index (κ2) is 10.3. The van der Waals surface area contributed by atoms with E-state index in [4.69, 9.17) is 9.47 Å². The van der Waals surface area contributed by atoms with Crippen molar-refractivity contribution in [1.29, 1.82) is 0 Å². The molecule has 164 valence electrons. The summed E-state index contributed by atoms with van der Waals surface area (Å²) in [6.45, 7) is 5.21. The van der Waals surface area contributed by atoms with Crippen LogP contribution in [0.1, 0.15) is 43.0 Å². The summed E-state index contributed by atoms with van der Waals surface area (Å²) in [6.07, 6.45) is 1.77. The third-order valence-corrected chi connectivity index (χ3v) is 5.38. The molecule has 1 aliphatic heterocycles. The van der Waals surface area contributed by atoms with Gasteiger partial charge in [0.1, 0.15) is 11.5 Å². The van der Waals surface area contributed by atoms with Crippen LogP contribution in [0.5, 0.6) is 5.75 Å². The standard InChI is InChI=1S/C25H29NO5/c1-4-15-31-20-12-10-18(11-13-20)22-21(24(28)25(29)26(22)14-16-30-3)23(27)19-8-6-17(5-2)7-9-19/h6-13,22,27H,4-5,14-16H2,1-3H3/b23-21-. The van der Waals surface area contributed by atoms with Gasteiger partial charge in [0, 0.05) is 19.2 Å². The maximum absolute atomic E-state index is 12.9. The Balaban J connectivity index is 2.05. The van der Waals surface area contributed by atoms with Crippen molar-refractivity contribution in [2.24, 2.45) is 0 Å². The number of carbonyl (C=O) groups is 2. The summed E-state index contributed by atoms with van der Waals surface area (Å²) < 4.78 is 10.8. The van der Waals surface area contributed by atoms with Crippen LogP contribution in [0.15, 0.2) is 54.1 Å². The van der Waals surface area contributed by atoms with E-state index in [9.17, 15) is 14.7 Å². The van der Waals surface area contributed by atoms with Gasteiger partial charge in [-0.05, 0) is 36.1 Å². The van der Waals surface area contributed by atoms with Crippen molar-refractivity contribution in [1.82, 2.24) is 4.90 Å². The Kier molecular flexibility index (Phi) is 7.47. The molecular formula is C25H29NO5. The molecule has 6 heteroatoms. The van der Waals surface area contributed by atoms with Gasteiger partial charge in [-0.1, -0.05) is 50.2 Å². The van der Waals surface area contributed by atoms with Crippen LogP contribution in [0.3, 0.4) is 0 Å². The van der Waals surface area contributed by atoms with Crippen molar-refractivity contribution < 1.29 is 24.2 Å². The predicted octanol–water partition coefficient (Wildman–Crippen LogP) is 4.11. The van der Waals surface area contributed by atoms with Crippen LogP contribution in [-0.2, 0) is 20.7 Å². The van der Waals surface area contributed by atoms with Crippen LogP contribution in [-0.4, -0.2) is 48.6 Å². The van der Waals surface area contributed by atoms with Crippen LogP contribution in [0, 0.1) is 0 Å². The van der Waals surface area contributed by atoms with Gasteiger partial charge in [0.25, 0.3) is 11.7 Å². The number of aliphatic hydroxyl groups excluding tert-OH is 1. The monoisotopic (exact) mass is 423 g/mol. The second-order valence-corrected chi connectivity index (χ2v) is 7.45. The van der Waals surface area contributed by atoms with E-state index in [1.807, 2.05) is 50.2 Å². The molecule has 0 saturated carbocycles. The Morgan fingerprint density at radius 2 is 1.68 bits per heavy atom. The number of ether oxygens (including phenoxy) is 2. The average molecular weight is 424 g/mol. The van der Waals surface area contributed by atoms with E-state index in [1.54, 1.807) is 19.2 Å². The van der Waals surface area contributed by atoms with Crippen LogP contribution in [0.4, 0.5) is 0 Å². The van der Waals surface area contributed by atoms with Gasteiger partial charge in [-0.15, -0.1) is 0 Å². The van der Waals surface area contributed by atoms with Gasteiger partial charge in [-0.3, -0.25) is 9.59 Å². The number of amides is 1. The Bertz CT molecular complexity index is 947. The summed E-state index contributed by atoms with van der Waals surface area (Å²) in [7, 11) is 1.54. The minimum atomic E-state index is -0.693. The number of carbonyl (C=O) groups excluding carboxylic acids is 2. The van der Waals surface area contributed by atoms with Gasteiger partial charge in [0.15, 0.2) is 0 Å². The number of aliphatic hydroxyl groups is 1. The van der Waals surface area contributed by atoms with Crippen LogP contribution in [0.2, 0.25) is 0 Å². The maximum Gasteiger partial charge on any atom is 0.295 e. The molecule has 0 aliphatic carbocycles. The molecule has 2 aromatic rings. The van der Waals surface area contributed by atoms with Crippen molar-refractivity contribution in [3.05, 3.63) is 70.8 Å². The van der Waals surface area contributed by atoms with Gasteiger partial charge < -0.3 is 19.5 Å². The smallest absolute Gasteiger partial charge is 0.295 e. The fraction of sp³-hybridized carbons (Fsp3) is 0.360. The highest BCUT2D eigenvalue weighted by molar-refractivity contribution is 6.46. The third-order valence-electron chi connectivity index (χ3n) is 5.38. The molecule has 1 saturated heterocycles. The highest BCUT2D eigenvalue weighted by Gasteiger charge is 2.45. The first-order valence-electron chi connectivity index (χ1n) is 10.6. The second-order valence-electron chi connectivity index (χ2n) is 7.45. The Hall–Kier alpha value is -3.12. The van der Waals surface area contributed by atoms with Gasteiger partial charge in [0.05, 0.1) is 24.8 Å². The van der Waals surface area contributed by atoms with Crippen LogP contribution >= 0.6 is 0 Å². The lowest BCUT2D eigenvalue weighted by molar-refractivity contribution is -0.140. The number of ketones is 1. The van der Waals surface area contributed by atoms with E-state index in [2.05, 4.69) is 0 Å². The van der Waals surface area contributed by atoms with E-state index in [0.717, 1.165) is 29.7 Å². The fourth-order valence-corrected chi connectivity index (χ4v) is 3.67. The molecule has 1 heterocycles. The number of aryl methyl sites for hydroxylation is 1. The Labute approximate surface area is 183 Å². The topological polar surface area (TPSA) is 76.1 Å². The van der Waals surface area contributed by atoms with Crippen molar-refractivity contribution in [3.8, 4) is 5.75 Å². The first-order valence-corrected chi connectivity index (χ1v) is 10.6. The van der Waals surface area contributed by atoms with Gasteiger partial charge in [-0.2, -0.15) is 0 Å². The summed E-state index contributed by atoms with van der Waals surface area (Å²) in [5, 5.41) is 11.0. The first-order chi connectivity index (χ1) is 15.0. The summed E-state index contributed by atoms with van der Waals surface area (Å²) in [4.78, 5) is 27.2. The molecule has 31 heavy (non-hydrogen) atoms. The highest BCUT2D eigenvalue weighted by Crippen LogP contribution is 2.39. The zero-order chi connectivity index (χ0) is 22.4. The lowest BCUT2D eigenvalue weighted by Crippen LogP contribution is -2.32. The Morgan fingerprint density at radius 3 is 2.26 bits per heavy atom. The molecule has 1 N–H and O–H groups in total. The molecule has 0 bridgehead atoms. The quantitative estimate of drug-likeness (QED) is 0.373. The minimum absolute atomic E-state index is 0.0904. The van der Waals surface area contributed by atoms with E-state index in [0.29, 0.717) is 12.2 Å². The normalized spacial score (nSPS) is 17.9. The van der Waals surface area contributed by atoms with E-state index < -0.39 is 17.7 Å². The van der Waals surface area contributed by atoms with E-state index in [1.165, 1.54) is 4.90 Å². The molecule has 1 unspecified atom stereocenters. The third kappa shape index (κ3) is 4.80. The SMILES string of the molecule is CCCOc1ccc(C2/C(=C(/O)c3ccc(CC)cc3)C(=O)C(=O)N2CCOC)cc1. The van der Waals surface area contributed by atoms with Crippen molar-refractivity contribution in [2.45, 2.75) is 32.7 Å². The molecule has 2 aromatic carbocycles. The predicted molar refractivity (Wildman–Crippen MR) is 119 cm³/mol. The number of Topliss-reactive ketones (excluding diaryl/α,β-unsaturated/α-hetero) is 1. The van der Waals surface area contributed by atoms with Crippen molar-refractivity contribution >= 4 is 17.4 Å². The Morgan fingerprint density at radius 1 is 1.00 bits per heavy atom. The number of hydrogen-bond donors (Lipinski definition) is 1. The summed E-state index contributed by atoms with van der Waals surface area (Å²) in [6, 6.07) is 14.0. The summed E-state index contributed by atoms with van der Waals surface area (Å²) in [5.74, 6) is -0.781. The minimum Gasteiger partial charge on any atom is -0.507 e. The number of methoxy groups -OCH3 is 1. The van der Waals surface area contributed by atoms with Gasteiger partial charge in [0.2, 0.25) is 0 Å². The zero-order valence-electron chi connectivity index (χ0n) is 18.3. The number of nitrogens with zero attached hydrogens (tertiary/aromatic N) is 1. The van der Waals surface area contributed by atoms with Crippen LogP contribution < -0.4 is 4.74 Å². The lowest BCUT2D eigenvalue weighted by Gasteiger charge is -2.25. The molecule has 1 fully saturated rings. The largest absolute Gasteiger partial charge is 0.507 e. The van der Waals surface area contributed by atoms with Crippen molar-refractivity contribution in [2.75, 3.05) is 26.9 Å². The van der Waals surface area contributed by atoms with Crippen LogP contribution in [0.25, 0.3) is 5.76 Å². The zero-order valence-corrected chi connectivity index (χ0v) is 18.3. The van der Waals surface area contributed by atoms with E-state index in [-0.39, 0.29) is 24.5 Å². The van der Waals surface area contributed by atoms with E-state index >= 15 is 0 Å². The summed E-state index contributed by atoms with van der Waals surface area (Å²) >= 11 is 0. The van der Waals surface area contributed by atoms with Crippen molar-refractivity contribution in [3.63, 3.8) is 0 Å². The number of rotatable bonds is 9. The molecule has 0 aromatic heterocycles. The first kappa shape index (κ1) is 22.6. The molecule has 1 aliphatic rings. The molecule has 1 atom stereocenters. The molecule has 6 nitrogen and oxygen atoms in total. The average Bonchev–Trinajstić information content (AvgIpc) is 3.06. The molecular weight excluding hydrogens is 394 g/mol. The number of benzene rings is 2. The number of hydrogen-bond acceptors (Lipinski definition) is 5.